The molecule has 0 aliphatic carbocycles. The Morgan fingerprint density at radius 2 is 1.09 bits per heavy atom. The standard InChI is InChI=1S/C13H31P.CHF3O3S.H3N/c1-5-8-11-14(4,12-9-6-2)13-10-7-3;2-1(3,4)8(5,6)7;/h14H,5-13H2,1-4H3;(H,5,6,7);1H3. The van der Waals surface area contributed by atoms with Crippen molar-refractivity contribution in [2.75, 3.05) is 25.2 Å². The molecule has 4 N–H and O–H groups in total. The second kappa shape index (κ2) is 13.4. The van der Waals surface area contributed by atoms with Gasteiger partial charge in [-0.05, 0) is 0 Å². The van der Waals surface area contributed by atoms with Gasteiger partial charge in [-0.25, -0.2) is 0 Å². The molecule has 0 aliphatic heterocycles. The molecule has 0 amide bonds. The summed E-state index contributed by atoms with van der Waals surface area (Å²) in [5.41, 5.74) is -5.53. The quantitative estimate of drug-likeness (QED) is 0.319. The molecule has 23 heavy (non-hydrogen) atoms. The Morgan fingerprint density at radius 1 is 0.870 bits per heavy atom. The fraction of sp³-hybridized carbons (Fsp3) is 1.00. The molecule has 0 saturated carbocycles. The van der Waals surface area contributed by atoms with E-state index in [1.807, 2.05) is 0 Å². The molecular formula is C14H35F3NO3PS. The van der Waals surface area contributed by atoms with Crippen LogP contribution in [-0.4, -0.2) is 43.6 Å². The van der Waals surface area contributed by atoms with Gasteiger partial charge in [-0.1, -0.05) is 0 Å². The number of hydrogen-bond acceptors (Lipinski definition) is 3. The van der Waals surface area contributed by atoms with Crippen molar-refractivity contribution in [3.8, 4) is 0 Å². The van der Waals surface area contributed by atoms with E-state index < -0.39 is 22.9 Å². The van der Waals surface area contributed by atoms with Crippen LogP contribution in [0.3, 0.4) is 0 Å². The largest absolute Gasteiger partial charge is 0.522 e. The van der Waals surface area contributed by atoms with Gasteiger partial charge in [-0.3, -0.25) is 4.55 Å². The number of halogens is 3. The molecule has 0 saturated heterocycles. The van der Waals surface area contributed by atoms with Crippen LogP contribution in [-0.2, 0) is 10.1 Å². The maximum absolute atomic E-state index is 10.7. The van der Waals surface area contributed by atoms with Crippen LogP contribution < -0.4 is 6.15 Å². The predicted octanol–water partition coefficient (Wildman–Crippen LogP) is 5.32. The second-order valence-electron chi connectivity index (χ2n) is 6.04. The first-order valence-electron chi connectivity index (χ1n) is 7.97. The Labute approximate surface area is 140 Å². The van der Waals surface area contributed by atoms with Gasteiger partial charge in [0.05, 0.1) is 0 Å². The average molecular weight is 385 g/mol. The first kappa shape index (κ1) is 27.9. The fourth-order valence-corrected chi connectivity index (χ4v) is 6.56. The Hall–Kier alpha value is 0.0900. The summed E-state index contributed by atoms with van der Waals surface area (Å²) in [6, 6.07) is 0. The van der Waals surface area contributed by atoms with Gasteiger partial charge < -0.3 is 6.15 Å². The van der Waals surface area contributed by atoms with Crippen molar-refractivity contribution in [2.24, 2.45) is 0 Å². The van der Waals surface area contributed by atoms with Crippen molar-refractivity contribution in [3.63, 3.8) is 0 Å². The summed E-state index contributed by atoms with van der Waals surface area (Å²) in [4.78, 5) is 0. The summed E-state index contributed by atoms with van der Waals surface area (Å²) in [6.45, 7) is 9.63. The molecule has 146 valence electrons. The normalized spacial score (nSPS) is 12.9. The third-order valence-electron chi connectivity index (χ3n) is 3.69. The van der Waals surface area contributed by atoms with Gasteiger partial charge in [0.25, 0.3) is 0 Å². The maximum atomic E-state index is 10.7. The van der Waals surface area contributed by atoms with Crippen molar-refractivity contribution in [1.82, 2.24) is 6.15 Å². The van der Waals surface area contributed by atoms with Crippen molar-refractivity contribution < 1.29 is 26.1 Å². The van der Waals surface area contributed by atoms with E-state index in [0.717, 1.165) is 0 Å². The van der Waals surface area contributed by atoms with E-state index >= 15 is 0 Å². The molecule has 9 heteroatoms. The van der Waals surface area contributed by atoms with Crippen LogP contribution >= 0.6 is 7.26 Å². The summed E-state index contributed by atoms with van der Waals surface area (Å²) in [7, 11) is -6.65. The van der Waals surface area contributed by atoms with E-state index in [1.165, 1.54) is 38.5 Å². The summed E-state index contributed by atoms with van der Waals surface area (Å²) in [5, 5.41) is 0. The smallest absolute Gasteiger partial charge is 0.344 e. The number of hydrogen-bond donors (Lipinski definition) is 2. The number of alkyl halides is 3. The Balaban J connectivity index is -0.000000382. The minimum Gasteiger partial charge on any atom is -0.344 e. The Morgan fingerprint density at radius 3 is 1.22 bits per heavy atom. The molecule has 0 aromatic heterocycles. The van der Waals surface area contributed by atoms with Gasteiger partial charge >= 0.3 is 107 Å². The van der Waals surface area contributed by atoms with Gasteiger partial charge in [-0.15, -0.1) is 0 Å². The average Bonchev–Trinajstić information content (AvgIpc) is 2.39. The topological polar surface area (TPSA) is 89.4 Å². The molecule has 0 aliphatic rings. The van der Waals surface area contributed by atoms with Crippen LogP contribution in [0.2, 0.25) is 0 Å². The van der Waals surface area contributed by atoms with Gasteiger partial charge in [0.1, 0.15) is 0 Å². The third-order valence-corrected chi connectivity index (χ3v) is 8.96. The summed E-state index contributed by atoms with van der Waals surface area (Å²) < 4.78 is 57.5. The zero-order chi connectivity index (χ0) is 17.9. The first-order valence-corrected chi connectivity index (χ1v) is 12.5. The van der Waals surface area contributed by atoms with E-state index in [2.05, 4.69) is 27.4 Å². The molecule has 0 bridgehead atoms. The van der Waals surface area contributed by atoms with Crippen molar-refractivity contribution in [2.45, 2.75) is 64.8 Å². The fourth-order valence-electron chi connectivity index (χ4n) is 2.19. The van der Waals surface area contributed by atoms with E-state index in [-0.39, 0.29) is 6.15 Å². The van der Waals surface area contributed by atoms with Gasteiger partial charge in [0.15, 0.2) is 0 Å². The zero-order valence-electron chi connectivity index (χ0n) is 14.9. The summed E-state index contributed by atoms with van der Waals surface area (Å²) in [5.74, 6) is 0. The molecule has 0 aromatic carbocycles. The molecule has 0 radical (unpaired) electrons. The minimum atomic E-state index is -5.84. The Kier molecular flexibility index (Phi) is 16.3. The van der Waals surface area contributed by atoms with E-state index in [1.54, 1.807) is 18.5 Å². The first-order chi connectivity index (χ1) is 9.93. The summed E-state index contributed by atoms with van der Waals surface area (Å²) >= 11 is 0. The molecule has 4 nitrogen and oxygen atoms in total. The van der Waals surface area contributed by atoms with E-state index in [4.69, 9.17) is 13.0 Å². The predicted molar refractivity (Wildman–Crippen MR) is 96.2 cm³/mol. The van der Waals surface area contributed by atoms with Crippen LogP contribution in [0, 0.1) is 0 Å². The zero-order valence-corrected chi connectivity index (χ0v) is 16.7. The Bertz CT molecular complexity index is 354. The van der Waals surface area contributed by atoms with Crippen molar-refractivity contribution >= 4 is 17.4 Å². The van der Waals surface area contributed by atoms with Crippen LogP contribution in [0.4, 0.5) is 13.2 Å². The molecule has 0 rings (SSSR count). The third kappa shape index (κ3) is 15.4. The molecule has 0 fully saturated rings. The number of rotatable bonds is 9. The van der Waals surface area contributed by atoms with Crippen molar-refractivity contribution in [3.05, 3.63) is 0 Å². The van der Waals surface area contributed by atoms with Gasteiger partial charge in [0.2, 0.25) is 0 Å². The maximum Gasteiger partial charge on any atom is 0.522 e. The van der Waals surface area contributed by atoms with Crippen LogP contribution in [0.25, 0.3) is 0 Å². The monoisotopic (exact) mass is 385 g/mol. The van der Waals surface area contributed by atoms with Crippen LogP contribution in [0.15, 0.2) is 0 Å². The molecule has 0 spiro atoms. The van der Waals surface area contributed by atoms with Crippen LogP contribution in [0.1, 0.15) is 59.3 Å². The second-order valence-corrected chi connectivity index (χ2v) is 12.6. The van der Waals surface area contributed by atoms with E-state index in [0.29, 0.717) is 0 Å². The van der Waals surface area contributed by atoms with Crippen LogP contribution in [0.5, 0.6) is 0 Å². The molecule has 0 aromatic rings. The van der Waals surface area contributed by atoms with Crippen molar-refractivity contribution in [1.29, 1.82) is 0 Å². The van der Waals surface area contributed by atoms with Gasteiger partial charge in [-0.2, -0.15) is 21.6 Å². The molecule has 0 heterocycles. The number of unbranched alkanes of at least 4 members (excludes halogenated alkanes) is 3. The molecular weight excluding hydrogens is 350 g/mol. The minimum absolute atomic E-state index is 0. The summed E-state index contributed by atoms with van der Waals surface area (Å²) in [6.07, 6.45) is 13.4. The molecule has 0 unspecified atom stereocenters. The van der Waals surface area contributed by atoms with E-state index in [9.17, 15) is 13.2 Å². The molecule has 0 atom stereocenters. The van der Waals surface area contributed by atoms with Gasteiger partial charge in [0, 0.05) is 0 Å². The SMILES string of the molecule is CCCC[PH](C)(CCCC)CCCC.N.O=S(=O)(O)C(F)(F)F.